The fraction of sp³-hybridized carbons (Fsp3) is 0.333. The molecule has 3 atom stereocenters. The van der Waals surface area contributed by atoms with E-state index in [2.05, 4.69) is 49.6 Å². The zero-order chi connectivity index (χ0) is 27.7. The highest BCUT2D eigenvalue weighted by atomic mass is 35.5. The van der Waals surface area contributed by atoms with Crippen LogP contribution in [0.4, 0.5) is 10.5 Å². The van der Waals surface area contributed by atoms with E-state index in [1.807, 2.05) is 18.2 Å². The standard InChI is InChI=1S/C30H27Cl2N5O/c1-29(2,3)19-6-13-23-24(14-19)26(18-4-7-20(31)8-5-18)30(16-34,17-35)27(25(23)15-33)37-28(38)36-22-11-9-21(32)10-12-22/h4-5,7-13,19,24,26H,6,14H2,1-3H3,(H2,36,37,38)/t19-,24-,26-/m1/s1. The molecule has 0 spiro atoms. The summed E-state index contributed by atoms with van der Waals surface area (Å²) in [7, 11) is 0. The molecule has 0 bridgehead atoms. The third-order valence-corrected chi connectivity index (χ3v) is 8.13. The van der Waals surface area contributed by atoms with Crippen molar-refractivity contribution in [2.75, 3.05) is 5.32 Å². The number of carbonyl (C=O) groups is 1. The van der Waals surface area contributed by atoms with Crippen LogP contribution >= 0.6 is 23.2 Å². The number of carbonyl (C=O) groups excluding carboxylic acids is 1. The third-order valence-electron chi connectivity index (χ3n) is 7.62. The Morgan fingerprint density at radius 2 is 1.53 bits per heavy atom. The van der Waals surface area contributed by atoms with Crippen molar-refractivity contribution in [2.24, 2.45) is 22.7 Å². The summed E-state index contributed by atoms with van der Waals surface area (Å²) in [6, 6.07) is 19.6. The highest BCUT2D eigenvalue weighted by Crippen LogP contribution is 2.58. The van der Waals surface area contributed by atoms with Crippen LogP contribution in [0, 0.1) is 56.7 Å². The molecule has 2 aromatic carbocycles. The fourth-order valence-corrected chi connectivity index (χ4v) is 5.83. The van der Waals surface area contributed by atoms with E-state index in [-0.39, 0.29) is 28.5 Å². The average molecular weight is 544 g/mol. The lowest BCUT2D eigenvalue weighted by molar-refractivity contribution is 0.169. The number of rotatable bonds is 3. The predicted octanol–water partition coefficient (Wildman–Crippen LogP) is 7.72. The van der Waals surface area contributed by atoms with Crippen LogP contribution < -0.4 is 10.6 Å². The van der Waals surface area contributed by atoms with Crippen LogP contribution in [0.3, 0.4) is 0 Å². The van der Waals surface area contributed by atoms with Gasteiger partial charge in [0.2, 0.25) is 0 Å². The lowest BCUT2D eigenvalue weighted by Crippen LogP contribution is -2.47. The predicted molar refractivity (Wildman–Crippen MR) is 148 cm³/mol. The summed E-state index contributed by atoms with van der Waals surface area (Å²) in [4.78, 5) is 13.1. The van der Waals surface area contributed by atoms with Crippen molar-refractivity contribution in [3.63, 3.8) is 0 Å². The van der Waals surface area contributed by atoms with Gasteiger partial charge in [0.05, 0.1) is 23.4 Å². The topological polar surface area (TPSA) is 112 Å². The van der Waals surface area contributed by atoms with E-state index in [0.29, 0.717) is 22.2 Å². The maximum atomic E-state index is 13.1. The van der Waals surface area contributed by atoms with Crippen molar-refractivity contribution in [3.05, 3.63) is 87.1 Å². The van der Waals surface area contributed by atoms with Gasteiger partial charge >= 0.3 is 6.03 Å². The molecule has 0 radical (unpaired) electrons. The molecule has 0 saturated carbocycles. The summed E-state index contributed by atoms with van der Waals surface area (Å²) in [6.45, 7) is 6.52. The summed E-state index contributed by atoms with van der Waals surface area (Å²) in [5.41, 5.74) is 0.307. The Bertz CT molecular complexity index is 1420. The van der Waals surface area contributed by atoms with Gasteiger partial charge in [-0.1, -0.05) is 62.2 Å². The third kappa shape index (κ3) is 5.01. The van der Waals surface area contributed by atoms with Crippen molar-refractivity contribution in [1.82, 2.24) is 5.32 Å². The van der Waals surface area contributed by atoms with Gasteiger partial charge in [-0.15, -0.1) is 0 Å². The Balaban J connectivity index is 1.88. The molecule has 6 nitrogen and oxygen atoms in total. The molecule has 0 fully saturated rings. The number of nitriles is 3. The Hall–Kier alpha value is -3.76. The van der Waals surface area contributed by atoms with E-state index in [1.165, 1.54) is 0 Å². The number of halogens is 2. The number of fused-ring (bicyclic) bond motifs is 1. The zero-order valence-corrected chi connectivity index (χ0v) is 22.9. The van der Waals surface area contributed by atoms with Gasteiger partial charge in [0, 0.05) is 21.7 Å². The second kappa shape index (κ2) is 10.5. The monoisotopic (exact) mass is 543 g/mol. The molecule has 0 heterocycles. The van der Waals surface area contributed by atoms with E-state index in [0.717, 1.165) is 17.6 Å². The van der Waals surface area contributed by atoms with Gasteiger partial charge in [-0.05, 0) is 77.6 Å². The minimum atomic E-state index is -1.82. The van der Waals surface area contributed by atoms with Crippen LogP contribution in [0.25, 0.3) is 0 Å². The maximum absolute atomic E-state index is 13.1. The molecule has 38 heavy (non-hydrogen) atoms. The number of hydrogen-bond acceptors (Lipinski definition) is 4. The number of benzene rings is 2. The minimum absolute atomic E-state index is 0.00637. The first-order valence-corrected chi connectivity index (χ1v) is 13.1. The maximum Gasteiger partial charge on any atom is 0.323 e. The van der Waals surface area contributed by atoms with Gasteiger partial charge in [0.15, 0.2) is 5.41 Å². The number of urea groups is 1. The molecule has 2 aromatic rings. The first kappa shape index (κ1) is 27.3. The van der Waals surface area contributed by atoms with E-state index in [9.17, 15) is 20.6 Å². The van der Waals surface area contributed by atoms with Gasteiger partial charge in [-0.3, -0.25) is 0 Å². The largest absolute Gasteiger partial charge is 0.323 e. The summed E-state index contributed by atoms with van der Waals surface area (Å²) in [5, 5.41) is 38.0. The molecule has 2 amide bonds. The van der Waals surface area contributed by atoms with Crippen LogP contribution in [0.2, 0.25) is 10.0 Å². The lowest BCUT2D eigenvalue weighted by atomic mass is 9.54. The van der Waals surface area contributed by atoms with Gasteiger partial charge in [0.25, 0.3) is 0 Å². The minimum Gasteiger partial charge on any atom is -0.308 e. The number of nitrogens with zero attached hydrogens (tertiary/aromatic N) is 3. The smallest absolute Gasteiger partial charge is 0.308 e. The summed E-state index contributed by atoms with van der Waals surface area (Å²) in [6.07, 6.45) is 3.50. The Morgan fingerprint density at radius 1 is 0.947 bits per heavy atom. The van der Waals surface area contributed by atoms with Gasteiger partial charge < -0.3 is 10.6 Å². The summed E-state index contributed by atoms with van der Waals surface area (Å²) < 4.78 is 0. The molecule has 2 N–H and O–H groups in total. The normalized spacial score (nSPS) is 22.2. The Kier molecular flexibility index (Phi) is 7.57. The second-order valence-corrected chi connectivity index (χ2v) is 11.7. The SMILES string of the molecule is CC(C)(C)[C@@H]1CC=C2C(C#N)=C(NC(=O)Nc3ccc(Cl)cc3)C(C#N)(C#N)[C@H](c3ccc(Cl)cc3)[C@@H]2C1. The molecule has 0 aliphatic heterocycles. The van der Waals surface area contributed by atoms with Gasteiger partial charge in [-0.25, -0.2) is 4.79 Å². The van der Waals surface area contributed by atoms with E-state index in [4.69, 9.17) is 23.2 Å². The summed E-state index contributed by atoms with van der Waals surface area (Å²) >= 11 is 12.1. The van der Waals surface area contributed by atoms with E-state index < -0.39 is 17.4 Å². The number of amides is 2. The van der Waals surface area contributed by atoms with Crippen molar-refractivity contribution in [2.45, 2.75) is 39.5 Å². The van der Waals surface area contributed by atoms with E-state index in [1.54, 1.807) is 36.4 Å². The quantitative estimate of drug-likeness (QED) is 0.412. The van der Waals surface area contributed by atoms with Crippen molar-refractivity contribution < 1.29 is 4.79 Å². The van der Waals surface area contributed by atoms with Crippen LogP contribution in [0.15, 0.2) is 71.5 Å². The van der Waals surface area contributed by atoms with Crippen LogP contribution in [0.1, 0.15) is 45.1 Å². The molecule has 8 heteroatoms. The molecule has 2 aliphatic carbocycles. The first-order chi connectivity index (χ1) is 18.0. The molecular formula is C30H27Cl2N5O. The number of nitrogens with one attached hydrogen (secondary N) is 2. The number of allylic oxidation sites excluding steroid dienone is 4. The highest BCUT2D eigenvalue weighted by molar-refractivity contribution is 6.30. The van der Waals surface area contributed by atoms with Gasteiger partial charge in [-0.2, -0.15) is 15.8 Å². The molecule has 4 rings (SSSR count). The van der Waals surface area contributed by atoms with Crippen molar-refractivity contribution >= 4 is 34.9 Å². The van der Waals surface area contributed by atoms with E-state index >= 15 is 0 Å². The van der Waals surface area contributed by atoms with Crippen LogP contribution in [0.5, 0.6) is 0 Å². The molecule has 0 saturated heterocycles. The Labute approximate surface area is 233 Å². The average Bonchev–Trinajstić information content (AvgIpc) is 2.89. The number of anilines is 1. The van der Waals surface area contributed by atoms with Crippen LogP contribution in [-0.2, 0) is 0 Å². The molecule has 192 valence electrons. The van der Waals surface area contributed by atoms with Crippen molar-refractivity contribution in [3.8, 4) is 18.2 Å². The second-order valence-electron chi connectivity index (χ2n) is 10.8. The van der Waals surface area contributed by atoms with Gasteiger partial charge in [0.1, 0.15) is 6.07 Å². The Morgan fingerprint density at radius 3 is 2.05 bits per heavy atom. The van der Waals surface area contributed by atoms with Crippen molar-refractivity contribution in [1.29, 1.82) is 15.8 Å². The zero-order valence-electron chi connectivity index (χ0n) is 21.3. The molecule has 0 unspecified atom stereocenters. The summed E-state index contributed by atoms with van der Waals surface area (Å²) in [5.74, 6) is -0.620. The lowest BCUT2D eigenvalue weighted by Gasteiger charge is -2.47. The van der Waals surface area contributed by atoms with Crippen LogP contribution in [-0.4, -0.2) is 6.03 Å². The fourth-order valence-electron chi connectivity index (χ4n) is 5.58. The molecule has 2 aliphatic rings. The molecule has 0 aromatic heterocycles. The number of hydrogen-bond donors (Lipinski definition) is 2. The molecular weight excluding hydrogens is 517 g/mol. The highest BCUT2D eigenvalue weighted by Gasteiger charge is 2.56. The first-order valence-electron chi connectivity index (χ1n) is 12.3.